The van der Waals surface area contributed by atoms with Crippen molar-refractivity contribution in [2.45, 2.75) is 13.5 Å². The molecule has 1 N–H and O–H groups in total. The van der Waals surface area contributed by atoms with Crippen molar-refractivity contribution in [2.24, 2.45) is 0 Å². The molecule has 0 bridgehead atoms. The van der Waals surface area contributed by atoms with Crippen molar-refractivity contribution in [1.82, 2.24) is 0 Å². The highest BCUT2D eigenvalue weighted by Crippen LogP contribution is 2.21. The number of hydrogen-bond acceptors (Lipinski definition) is 3. The lowest BCUT2D eigenvalue weighted by atomic mass is 10.1. The summed E-state index contributed by atoms with van der Waals surface area (Å²) in [5.41, 5.74) is 2.21. The number of methoxy groups -OCH3 is 1. The van der Waals surface area contributed by atoms with Crippen LogP contribution in [0.1, 0.15) is 22.8 Å². The van der Waals surface area contributed by atoms with Crippen molar-refractivity contribution in [3.05, 3.63) is 59.7 Å². The fraction of sp³-hybridized carbons (Fsp3) is 0.235. The van der Waals surface area contributed by atoms with E-state index in [1.807, 2.05) is 37.3 Å². The van der Waals surface area contributed by atoms with E-state index in [-0.39, 0.29) is 5.91 Å². The van der Waals surface area contributed by atoms with Crippen LogP contribution in [0.3, 0.4) is 0 Å². The Morgan fingerprint density at radius 1 is 1.14 bits per heavy atom. The van der Waals surface area contributed by atoms with Gasteiger partial charge >= 0.3 is 0 Å². The summed E-state index contributed by atoms with van der Waals surface area (Å²) in [6.07, 6.45) is 0. The van der Waals surface area contributed by atoms with E-state index >= 15 is 0 Å². The highest BCUT2D eigenvalue weighted by molar-refractivity contribution is 6.04. The van der Waals surface area contributed by atoms with Crippen LogP contribution < -0.4 is 10.1 Å². The lowest BCUT2D eigenvalue weighted by Gasteiger charge is -2.11. The number of hydrogen-bond donors (Lipinski definition) is 1. The van der Waals surface area contributed by atoms with Gasteiger partial charge in [0.25, 0.3) is 5.91 Å². The third kappa shape index (κ3) is 4.07. The first-order chi connectivity index (χ1) is 10.2. The number of nitrogens with one attached hydrogen (secondary N) is 1. The summed E-state index contributed by atoms with van der Waals surface area (Å²) >= 11 is 0. The molecule has 2 aromatic rings. The van der Waals surface area contributed by atoms with E-state index in [0.717, 1.165) is 17.0 Å². The summed E-state index contributed by atoms with van der Waals surface area (Å²) < 4.78 is 10.7. The maximum atomic E-state index is 12.2. The summed E-state index contributed by atoms with van der Waals surface area (Å²) in [5, 5.41) is 2.86. The number of amides is 1. The van der Waals surface area contributed by atoms with E-state index in [9.17, 15) is 4.79 Å². The number of anilines is 1. The largest absolute Gasteiger partial charge is 0.496 e. The number of benzene rings is 2. The van der Waals surface area contributed by atoms with E-state index < -0.39 is 0 Å². The molecule has 2 rings (SSSR count). The first-order valence-corrected chi connectivity index (χ1v) is 6.85. The molecule has 0 saturated heterocycles. The average Bonchev–Trinajstić information content (AvgIpc) is 2.53. The quantitative estimate of drug-likeness (QED) is 0.884. The summed E-state index contributed by atoms with van der Waals surface area (Å²) in [7, 11) is 1.61. The van der Waals surface area contributed by atoms with Gasteiger partial charge in [-0.3, -0.25) is 4.79 Å². The molecule has 0 aromatic heterocycles. The molecular weight excluding hydrogens is 266 g/mol. The van der Waals surface area contributed by atoms with Gasteiger partial charge < -0.3 is 14.8 Å². The Hall–Kier alpha value is -2.33. The van der Waals surface area contributed by atoms with Crippen LogP contribution in [0.5, 0.6) is 5.75 Å². The topological polar surface area (TPSA) is 47.6 Å². The van der Waals surface area contributed by atoms with Crippen molar-refractivity contribution in [2.75, 3.05) is 19.0 Å². The fourth-order valence-electron chi connectivity index (χ4n) is 1.97. The van der Waals surface area contributed by atoms with Crippen LogP contribution in [-0.4, -0.2) is 19.6 Å². The third-order valence-corrected chi connectivity index (χ3v) is 3.04. The number of carbonyl (C=O) groups is 1. The Morgan fingerprint density at radius 3 is 2.57 bits per heavy atom. The minimum absolute atomic E-state index is 0.151. The zero-order chi connectivity index (χ0) is 15.1. The summed E-state index contributed by atoms with van der Waals surface area (Å²) in [6.45, 7) is 2.97. The van der Waals surface area contributed by atoms with Crippen molar-refractivity contribution in [3.63, 3.8) is 0 Å². The Kier molecular flexibility index (Phi) is 5.35. The van der Waals surface area contributed by atoms with Gasteiger partial charge in [-0.25, -0.2) is 0 Å². The van der Waals surface area contributed by atoms with Gasteiger partial charge in [0, 0.05) is 23.4 Å². The van der Waals surface area contributed by atoms with E-state index in [1.165, 1.54) is 0 Å². The summed E-state index contributed by atoms with van der Waals surface area (Å²) in [4.78, 5) is 12.2. The predicted molar refractivity (Wildman–Crippen MR) is 82.7 cm³/mol. The molecule has 2 aromatic carbocycles. The maximum absolute atomic E-state index is 12.2. The van der Waals surface area contributed by atoms with Crippen molar-refractivity contribution < 1.29 is 14.3 Å². The predicted octanol–water partition coefficient (Wildman–Crippen LogP) is 3.48. The molecule has 0 aliphatic rings. The Bertz CT molecular complexity index is 596. The molecule has 21 heavy (non-hydrogen) atoms. The third-order valence-electron chi connectivity index (χ3n) is 3.04. The van der Waals surface area contributed by atoms with Crippen LogP contribution in [0.15, 0.2) is 48.5 Å². The van der Waals surface area contributed by atoms with Crippen LogP contribution >= 0.6 is 0 Å². The summed E-state index contributed by atoms with van der Waals surface area (Å²) in [5.74, 6) is 0.571. The van der Waals surface area contributed by atoms with Gasteiger partial charge in [-0.2, -0.15) is 0 Å². The van der Waals surface area contributed by atoms with Crippen molar-refractivity contribution >= 4 is 11.6 Å². The second-order valence-electron chi connectivity index (χ2n) is 4.48. The highest BCUT2D eigenvalue weighted by atomic mass is 16.5. The molecule has 0 atom stereocenters. The molecule has 1 amide bonds. The first kappa shape index (κ1) is 15.1. The second-order valence-corrected chi connectivity index (χ2v) is 4.48. The molecular formula is C17H19NO3. The maximum Gasteiger partial charge on any atom is 0.255 e. The molecule has 0 heterocycles. The molecule has 0 fully saturated rings. The SMILES string of the molecule is CCOCc1cc(C(=O)Nc2ccccc2)ccc1OC. The van der Waals surface area contributed by atoms with E-state index in [1.54, 1.807) is 25.3 Å². The van der Waals surface area contributed by atoms with Crippen molar-refractivity contribution in [3.8, 4) is 5.75 Å². The van der Waals surface area contributed by atoms with Crippen molar-refractivity contribution in [1.29, 1.82) is 0 Å². The van der Waals surface area contributed by atoms with Gasteiger partial charge in [-0.15, -0.1) is 0 Å². The monoisotopic (exact) mass is 285 g/mol. The average molecular weight is 285 g/mol. The molecule has 0 aliphatic carbocycles. The fourth-order valence-corrected chi connectivity index (χ4v) is 1.97. The second kappa shape index (κ2) is 7.45. The zero-order valence-electron chi connectivity index (χ0n) is 12.3. The number of para-hydroxylation sites is 1. The molecule has 0 unspecified atom stereocenters. The van der Waals surface area contributed by atoms with Crippen LogP contribution in [-0.2, 0) is 11.3 Å². The Balaban J connectivity index is 2.17. The van der Waals surface area contributed by atoms with Crippen LogP contribution in [0, 0.1) is 0 Å². The molecule has 0 saturated carbocycles. The molecule has 0 aliphatic heterocycles. The zero-order valence-corrected chi connectivity index (χ0v) is 12.3. The molecule has 0 spiro atoms. The van der Waals surface area contributed by atoms with Gasteiger partial charge in [0.05, 0.1) is 13.7 Å². The number of ether oxygens (including phenoxy) is 2. The normalized spacial score (nSPS) is 10.2. The van der Waals surface area contributed by atoms with Gasteiger partial charge in [0.2, 0.25) is 0 Å². The molecule has 110 valence electrons. The highest BCUT2D eigenvalue weighted by Gasteiger charge is 2.10. The van der Waals surface area contributed by atoms with Gasteiger partial charge in [-0.1, -0.05) is 18.2 Å². The van der Waals surface area contributed by atoms with Gasteiger partial charge in [0.1, 0.15) is 5.75 Å². The molecule has 4 heteroatoms. The Morgan fingerprint density at radius 2 is 1.90 bits per heavy atom. The first-order valence-electron chi connectivity index (χ1n) is 6.85. The minimum Gasteiger partial charge on any atom is -0.496 e. The van der Waals surface area contributed by atoms with Gasteiger partial charge in [-0.05, 0) is 37.3 Å². The van der Waals surface area contributed by atoms with Gasteiger partial charge in [0.15, 0.2) is 0 Å². The number of carbonyl (C=O) groups excluding carboxylic acids is 1. The summed E-state index contributed by atoms with van der Waals surface area (Å²) in [6, 6.07) is 14.7. The lowest BCUT2D eigenvalue weighted by Crippen LogP contribution is -2.12. The number of rotatable bonds is 6. The van der Waals surface area contributed by atoms with Crippen LogP contribution in [0.2, 0.25) is 0 Å². The van der Waals surface area contributed by atoms with E-state index in [0.29, 0.717) is 18.8 Å². The molecule has 4 nitrogen and oxygen atoms in total. The minimum atomic E-state index is -0.151. The smallest absolute Gasteiger partial charge is 0.255 e. The Labute approximate surface area is 124 Å². The van der Waals surface area contributed by atoms with Crippen LogP contribution in [0.4, 0.5) is 5.69 Å². The standard InChI is InChI=1S/C17H19NO3/c1-3-21-12-14-11-13(9-10-16(14)20-2)17(19)18-15-7-5-4-6-8-15/h4-11H,3,12H2,1-2H3,(H,18,19). The van der Waals surface area contributed by atoms with E-state index in [4.69, 9.17) is 9.47 Å². The van der Waals surface area contributed by atoms with E-state index in [2.05, 4.69) is 5.32 Å². The molecule has 0 radical (unpaired) electrons. The lowest BCUT2D eigenvalue weighted by molar-refractivity contribution is 0.102. The van der Waals surface area contributed by atoms with Crippen LogP contribution in [0.25, 0.3) is 0 Å².